The van der Waals surface area contributed by atoms with Crippen molar-refractivity contribution in [3.05, 3.63) is 35.7 Å². The van der Waals surface area contributed by atoms with Crippen LogP contribution in [0.3, 0.4) is 0 Å². The Bertz CT molecular complexity index is 712. The molecule has 2 aromatic rings. The van der Waals surface area contributed by atoms with E-state index in [1.165, 1.54) is 12.1 Å². The summed E-state index contributed by atoms with van der Waals surface area (Å²) in [7, 11) is 0. The normalized spacial score (nSPS) is 12.4. The van der Waals surface area contributed by atoms with Gasteiger partial charge >= 0.3 is 6.18 Å². The zero-order valence-electron chi connectivity index (χ0n) is 13.0. The van der Waals surface area contributed by atoms with E-state index in [9.17, 15) is 18.0 Å². The topological polar surface area (TPSA) is 73.8 Å². The average molecular weight is 326 g/mol. The lowest BCUT2D eigenvalue weighted by Gasteiger charge is -2.21. The summed E-state index contributed by atoms with van der Waals surface area (Å²) in [6.45, 7) is 5.63. The number of carbonyl (C=O) groups is 1. The van der Waals surface area contributed by atoms with Crippen molar-refractivity contribution in [1.29, 1.82) is 0 Å². The van der Waals surface area contributed by atoms with E-state index in [1.807, 2.05) is 20.8 Å². The number of rotatable bonds is 3. The van der Waals surface area contributed by atoms with Gasteiger partial charge in [0.15, 0.2) is 11.6 Å². The molecule has 1 aromatic heterocycles. The SMILES string of the molecule is CC(C)(C)n1nc(CC(N)=O)nc1-c1ccc(C(F)(F)F)cc1. The molecule has 0 saturated carbocycles. The molecule has 0 atom stereocenters. The fourth-order valence-corrected chi connectivity index (χ4v) is 2.05. The summed E-state index contributed by atoms with van der Waals surface area (Å²) in [5, 5.41) is 4.25. The van der Waals surface area contributed by atoms with Crippen LogP contribution in [0.15, 0.2) is 24.3 Å². The molecule has 0 saturated heterocycles. The number of amides is 1. The van der Waals surface area contributed by atoms with E-state index >= 15 is 0 Å². The van der Waals surface area contributed by atoms with E-state index in [-0.39, 0.29) is 12.2 Å². The van der Waals surface area contributed by atoms with Crippen molar-refractivity contribution in [1.82, 2.24) is 14.8 Å². The molecule has 23 heavy (non-hydrogen) atoms. The molecule has 0 bridgehead atoms. The Balaban J connectivity index is 2.49. The second-order valence-corrected chi connectivity index (χ2v) is 6.15. The Morgan fingerprint density at radius 1 is 1.17 bits per heavy atom. The fraction of sp³-hybridized carbons (Fsp3) is 0.400. The van der Waals surface area contributed by atoms with Crippen molar-refractivity contribution >= 4 is 5.91 Å². The smallest absolute Gasteiger partial charge is 0.369 e. The van der Waals surface area contributed by atoms with Gasteiger partial charge in [0.25, 0.3) is 0 Å². The van der Waals surface area contributed by atoms with Crippen LogP contribution >= 0.6 is 0 Å². The van der Waals surface area contributed by atoms with Crippen LogP contribution in [0, 0.1) is 0 Å². The number of aromatic nitrogens is 3. The third-order valence-corrected chi connectivity index (χ3v) is 3.09. The molecule has 0 fully saturated rings. The zero-order chi connectivity index (χ0) is 17.4. The Hall–Kier alpha value is -2.38. The highest BCUT2D eigenvalue weighted by molar-refractivity contribution is 5.75. The molecule has 0 aliphatic rings. The Kier molecular flexibility index (Phi) is 4.19. The zero-order valence-corrected chi connectivity index (χ0v) is 13.0. The standard InChI is InChI=1S/C15H17F3N4O/c1-14(2,3)22-13(20-12(21-22)8-11(19)23)9-4-6-10(7-5-9)15(16,17)18/h4-7H,8H2,1-3H3,(H2,19,23). The van der Waals surface area contributed by atoms with Gasteiger partial charge in [0.1, 0.15) is 0 Å². The lowest BCUT2D eigenvalue weighted by atomic mass is 10.1. The monoisotopic (exact) mass is 326 g/mol. The molecule has 2 rings (SSSR count). The second kappa shape index (κ2) is 5.68. The first kappa shape index (κ1) is 17.0. The van der Waals surface area contributed by atoms with Gasteiger partial charge in [-0.2, -0.15) is 18.3 Å². The molecule has 0 aliphatic carbocycles. The van der Waals surface area contributed by atoms with Gasteiger partial charge in [-0.1, -0.05) is 12.1 Å². The molecule has 2 N–H and O–H groups in total. The van der Waals surface area contributed by atoms with Gasteiger partial charge in [-0.05, 0) is 32.9 Å². The van der Waals surface area contributed by atoms with Gasteiger partial charge in [0.2, 0.25) is 5.91 Å². The first-order valence-electron chi connectivity index (χ1n) is 6.91. The molecule has 5 nitrogen and oxygen atoms in total. The Morgan fingerprint density at radius 2 is 1.74 bits per heavy atom. The lowest BCUT2D eigenvalue weighted by molar-refractivity contribution is -0.137. The van der Waals surface area contributed by atoms with Crippen molar-refractivity contribution < 1.29 is 18.0 Å². The highest BCUT2D eigenvalue weighted by Gasteiger charge is 2.30. The van der Waals surface area contributed by atoms with Gasteiger partial charge in [0.05, 0.1) is 17.5 Å². The predicted molar refractivity (Wildman–Crippen MR) is 78.4 cm³/mol. The Morgan fingerprint density at radius 3 is 2.17 bits per heavy atom. The number of nitrogens with two attached hydrogens (primary N) is 1. The van der Waals surface area contributed by atoms with Gasteiger partial charge in [-0.3, -0.25) is 4.79 Å². The van der Waals surface area contributed by atoms with E-state index in [2.05, 4.69) is 10.1 Å². The maximum Gasteiger partial charge on any atom is 0.416 e. The molecule has 1 aromatic carbocycles. The molecule has 0 radical (unpaired) electrons. The van der Waals surface area contributed by atoms with Crippen LogP contribution in [0.25, 0.3) is 11.4 Å². The summed E-state index contributed by atoms with van der Waals surface area (Å²) in [5.74, 6) is 0.0554. The van der Waals surface area contributed by atoms with E-state index in [4.69, 9.17) is 5.73 Å². The molecular weight excluding hydrogens is 309 g/mol. The first-order valence-corrected chi connectivity index (χ1v) is 6.91. The van der Waals surface area contributed by atoms with Gasteiger partial charge in [0, 0.05) is 5.56 Å². The summed E-state index contributed by atoms with van der Waals surface area (Å²) in [6, 6.07) is 4.65. The van der Waals surface area contributed by atoms with Crippen LogP contribution in [0.4, 0.5) is 13.2 Å². The maximum absolute atomic E-state index is 12.7. The van der Waals surface area contributed by atoms with Gasteiger partial charge in [-0.25, -0.2) is 9.67 Å². The molecule has 0 unspecified atom stereocenters. The predicted octanol–water partition coefficient (Wildman–Crippen LogP) is 2.75. The fourth-order valence-electron chi connectivity index (χ4n) is 2.05. The molecule has 1 amide bonds. The summed E-state index contributed by atoms with van der Waals surface area (Å²) >= 11 is 0. The van der Waals surface area contributed by atoms with E-state index in [1.54, 1.807) is 4.68 Å². The van der Waals surface area contributed by atoms with E-state index in [0.29, 0.717) is 11.4 Å². The Labute approximate surface area is 131 Å². The molecule has 8 heteroatoms. The lowest BCUT2D eigenvalue weighted by Crippen LogP contribution is -2.24. The highest BCUT2D eigenvalue weighted by Crippen LogP contribution is 2.31. The van der Waals surface area contributed by atoms with Gasteiger partial charge < -0.3 is 5.73 Å². The van der Waals surface area contributed by atoms with Crippen molar-refractivity contribution in [2.75, 3.05) is 0 Å². The number of primary amides is 1. The van der Waals surface area contributed by atoms with Crippen LogP contribution in [0.5, 0.6) is 0 Å². The van der Waals surface area contributed by atoms with E-state index < -0.39 is 23.2 Å². The summed E-state index contributed by atoms with van der Waals surface area (Å²) in [6.07, 6.45) is -4.52. The summed E-state index contributed by atoms with van der Waals surface area (Å²) in [5.41, 5.74) is 4.44. The number of halogens is 3. The highest BCUT2D eigenvalue weighted by atomic mass is 19.4. The minimum atomic E-state index is -4.40. The van der Waals surface area contributed by atoms with E-state index in [0.717, 1.165) is 12.1 Å². The van der Waals surface area contributed by atoms with Crippen LogP contribution in [0.2, 0.25) is 0 Å². The number of benzene rings is 1. The maximum atomic E-state index is 12.7. The summed E-state index contributed by atoms with van der Waals surface area (Å²) < 4.78 is 39.5. The first-order chi connectivity index (χ1) is 10.5. The minimum Gasteiger partial charge on any atom is -0.369 e. The van der Waals surface area contributed by atoms with Gasteiger partial charge in [-0.15, -0.1) is 0 Å². The minimum absolute atomic E-state index is 0.128. The van der Waals surface area contributed by atoms with Crippen molar-refractivity contribution in [2.24, 2.45) is 5.73 Å². The van der Waals surface area contributed by atoms with Crippen LogP contribution < -0.4 is 5.73 Å². The third kappa shape index (κ3) is 3.88. The summed E-state index contributed by atoms with van der Waals surface area (Å²) in [4.78, 5) is 15.3. The van der Waals surface area contributed by atoms with Crippen LogP contribution in [0.1, 0.15) is 32.2 Å². The third-order valence-electron chi connectivity index (χ3n) is 3.09. The van der Waals surface area contributed by atoms with Crippen molar-refractivity contribution in [3.63, 3.8) is 0 Å². The number of nitrogens with zero attached hydrogens (tertiary/aromatic N) is 3. The number of hydrogen-bond acceptors (Lipinski definition) is 3. The van der Waals surface area contributed by atoms with Crippen LogP contribution in [-0.2, 0) is 22.9 Å². The molecule has 0 aliphatic heterocycles. The number of carbonyl (C=O) groups excluding carboxylic acids is 1. The second-order valence-electron chi connectivity index (χ2n) is 6.15. The average Bonchev–Trinajstić information content (AvgIpc) is 2.81. The van der Waals surface area contributed by atoms with Crippen molar-refractivity contribution in [3.8, 4) is 11.4 Å². The van der Waals surface area contributed by atoms with Crippen molar-refractivity contribution in [2.45, 2.75) is 38.9 Å². The largest absolute Gasteiger partial charge is 0.416 e. The molecule has 124 valence electrons. The molecule has 1 heterocycles. The quantitative estimate of drug-likeness (QED) is 0.942. The number of hydrogen-bond donors (Lipinski definition) is 1. The van der Waals surface area contributed by atoms with Crippen LogP contribution in [-0.4, -0.2) is 20.7 Å². The number of alkyl halides is 3. The molecule has 0 spiro atoms. The molecular formula is C15H17F3N4O.